The molecule has 1 aliphatic heterocycles. The van der Waals surface area contributed by atoms with E-state index in [9.17, 15) is 9.59 Å². The second-order valence-electron chi connectivity index (χ2n) is 6.33. The lowest BCUT2D eigenvalue weighted by Gasteiger charge is -2.25. The zero-order valence-corrected chi connectivity index (χ0v) is 14.2. The molecule has 1 aromatic heterocycles. The van der Waals surface area contributed by atoms with E-state index >= 15 is 0 Å². The molecule has 1 unspecified atom stereocenters. The number of likely N-dealkylation sites (tertiary alicyclic amines) is 1. The molecule has 0 aliphatic carbocycles. The van der Waals surface area contributed by atoms with Gasteiger partial charge in [-0.1, -0.05) is 30.3 Å². The van der Waals surface area contributed by atoms with Crippen LogP contribution in [0.25, 0.3) is 0 Å². The quantitative estimate of drug-likeness (QED) is 0.898. The average molecular weight is 338 g/mol. The van der Waals surface area contributed by atoms with Gasteiger partial charge >= 0.3 is 6.03 Å². The number of nitrogens with one attached hydrogen (secondary N) is 1. The van der Waals surface area contributed by atoms with Gasteiger partial charge in [-0.2, -0.15) is 0 Å². The first kappa shape index (κ1) is 17.0. The summed E-state index contributed by atoms with van der Waals surface area (Å²) in [6.45, 7) is 2.44. The number of pyridine rings is 1. The van der Waals surface area contributed by atoms with Gasteiger partial charge in [-0.25, -0.2) is 4.79 Å². The third-order valence-corrected chi connectivity index (χ3v) is 4.56. The molecular weight excluding hydrogens is 316 g/mol. The molecule has 2 heterocycles. The fraction of sp³-hybridized carbons (Fsp3) is 0.316. The molecule has 0 saturated carbocycles. The molecule has 0 spiro atoms. The van der Waals surface area contributed by atoms with Gasteiger partial charge in [-0.15, -0.1) is 0 Å². The first-order chi connectivity index (χ1) is 12.0. The summed E-state index contributed by atoms with van der Waals surface area (Å²) in [6, 6.07) is 11.8. The van der Waals surface area contributed by atoms with Crippen molar-refractivity contribution in [1.82, 2.24) is 9.88 Å². The average Bonchev–Trinajstić information content (AvgIpc) is 3.05. The third kappa shape index (κ3) is 3.96. The van der Waals surface area contributed by atoms with Crippen LogP contribution < -0.4 is 11.1 Å². The van der Waals surface area contributed by atoms with Crippen molar-refractivity contribution in [2.24, 2.45) is 5.73 Å². The summed E-state index contributed by atoms with van der Waals surface area (Å²) in [6.07, 6.45) is 4.36. The minimum atomic E-state index is -0.552. The molecule has 1 aromatic carbocycles. The van der Waals surface area contributed by atoms with Crippen molar-refractivity contribution in [2.45, 2.75) is 32.2 Å². The molecule has 25 heavy (non-hydrogen) atoms. The molecular formula is C19H22N4O2. The van der Waals surface area contributed by atoms with E-state index in [1.165, 1.54) is 5.56 Å². The number of benzene rings is 1. The molecule has 1 atom stereocenters. The summed E-state index contributed by atoms with van der Waals surface area (Å²) >= 11 is 0. The van der Waals surface area contributed by atoms with Crippen molar-refractivity contribution in [1.29, 1.82) is 0 Å². The van der Waals surface area contributed by atoms with Gasteiger partial charge in [-0.3, -0.25) is 9.78 Å². The normalized spacial score (nSPS) is 16.7. The van der Waals surface area contributed by atoms with Crippen molar-refractivity contribution in [3.8, 4) is 0 Å². The maximum absolute atomic E-state index is 12.7. The number of aromatic nitrogens is 1. The maximum atomic E-state index is 12.7. The number of carbonyl (C=O) groups excluding carboxylic acids is 2. The Kier molecular flexibility index (Phi) is 4.97. The Labute approximate surface area is 147 Å². The summed E-state index contributed by atoms with van der Waals surface area (Å²) in [5.41, 5.74) is 7.92. The zero-order chi connectivity index (χ0) is 17.8. The van der Waals surface area contributed by atoms with E-state index in [0.717, 1.165) is 25.8 Å². The Morgan fingerprint density at radius 3 is 2.80 bits per heavy atom. The predicted octanol–water partition coefficient (Wildman–Crippen LogP) is 2.73. The van der Waals surface area contributed by atoms with Crippen molar-refractivity contribution in [3.05, 3.63) is 59.4 Å². The predicted molar refractivity (Wildman–Crippen MR) is 96.4 cm³/mol. The Balaban J connectivity index is 1.70. The molecule has 3 amide bonds. The van der Waals surface area contributed by atoms with E-state index in [1.54, 1.807) is 19.2 Å². The fourth-order valence-electron chi connectivity index (χ4n) is 3.25. The van der Waals surface area contributed by atoms with Crippen LogP contribution >= 0.6 is 0 Å². The third-order valence-electron chi connectivity index (χ3n) is 4.56. The lowest BCUT2D eigenvalue weighted by molar-refractivity contribution is 0.0999. The highest BCUT2D eigenvalue weighted by molar-refractivity contribution is 5.96. The van der Waals surface area contributed by atoms with Crippen LogP contribution in [0.4, 0.5) is 10.5 Å². The Bertz CT molecular complexity index is 776. The van der Waals surface area contributed by atoms with Crippen LogP contribution in [0.3, 0.4) is 0 Å². The second kappa shape index (κ2) is 7.34. The lowest BCUT2D eigenvalue weighted by atomic mass is 10.0. The lowest BCUT2D eigenvalue weighted by Crippen LogP contribution is -2.39. The van der Waals surface area contributed by atoms with Gasteiger partial charge < -0.3 is 16.0 Å². The number of primary amides is 1. The number of hydrogen-bond donors (Lipinski definition) is 2. The van der Waals surface area contributed by atoms with Crippen molar-refractivity contribution in [3.63, 3.8) is 0 Å². The van der Waals surface area contributed by atoms with E-state index in [0.29, 0.717) is 16.9 Å². The number of nitrogens with two attached hydrogens (primary N) is 1. The van der Waals surface area contributed by atoms with Gasteiger partial charge in [0, 0.05) is 12.6 Å². The molecule has 2 aromatic rings. The first-order valence-electron chi connectivity index (χ1n) is 8.42. The van der Waals surface area contributed by atoms with Gasteiger partial charge in [0.15, 0.2) is 0 Å². The molecule has 6 heteroatoms. The topological polar surface area (TPSA) is 88.3 Å². The van der Waals surface area contributed by atoms with Crippen LogP contribution in [0, 0.1) is 6.92 Å². The summed E-state index contributed by atoms with van der Waals surface area (Å²) in [5.74, 6) is -0.552. The monoisotopic (exact) mass is 338 g/mol. The van der Waals surface area contributed by atoms with Crippen LogP contribution in [0.1, 0.15) is 34.5 Å². The second-order valence-corrected chi connectivity index (χ2v) is 6.33. The van der Waals surface area contributed by atoms with Crippen LogP contribution in [-0.4, -0.2) is 34.4 Å². The summed E-state index contributed by atoms with van der Waals surface area (Å²) < 4.78 is 0. The molecule has 6 nitrogen and oxygen atoms in total. The molecule has 130 valence electrons. The van der Waals surface area contributed by atoms with Gasteiger partial charge in [-0.05, 0) is 37.8 Å². The van der Waals surface area contributed by atoms with E-state index in [4.69, 9.17) is 5.73 Å². The molecule has 0 bridgehead atoms. The van der Waals surface area contributed by atoms with Crippen LogP contribution in [0.15, 0.2) is 42.6 Å². The molecule has 3 N–H and O–H groups in total. The van der Waals surface area contributed by atoms with Gasteiger partial charge in [0.2, 0.25) is 0 Å². The Morgan fingerprint density at radius 1 is 1.32 bits per heavy atom. The van der Waals surface area contributed by atoms with Crippen LogP contribution in [0.2, 0.25) is 0 Å². The highest BCUT2D eigenvalue weighted by Crippen LogP contribution is 2.22. The van der Waals surface area contributed by atoms with E-state index in [1.807, 2.05) is 23.1 Å². The Morgan fingerprint density at radius 2 is 2.08 bits per heavy atom. The molecule has 1 aliphatic rings. The summed E-state index contributed by atoms with van der Waals surface area (Å²) in [7, 11) is 0. The van der Waals surface area contributed by atoms with E-state index in [2.05, 4.69) is 22.4 Å². The van der Waals surface area contributed by atoms with Crippen LogP contribution in [0.5, 0.6) is 0 Å². The van der Waals surface area contributed by atoms with Gasteiger partial charge in [0.25, 0.3) is 5.91 Å². The van der Waals surface area contributed by atoms with Crippen molar-refractivity contribution in [2.75, 3.05) is 11.9 Å². The van der Waals surface area contributed by atoms with Crippen molar-refractivity contribution < 1.29 is 9.59 Å². The number of aryl methyl sites for hydroxylation is 1. The minimum absolute atomic E-state index is 0.167. The number of hydrogen-bond acceptors (Lipinski definition) is 3. The maximum Gasteiger partial charge on any atom is 0.322 e. The minimum Gasteiger partial charge on any atom is -0.366 e. The number of nitrogens with zero attached hydrogens (tertiary/aromatic N) is 2. The number of anilines is 1. The van der Waals surface area contributed by atoms with E-state index in [-0.39, 0.29) is 12.1 Å². The summed E-state index contributed by atoms with van der Waals surface area (Å²) in [4.78, 5) is 30.1. The molecule has 1 saturated heterocycles. The van der Waals surface area contributed by atoms with Gasteiger partial charge in [0.05, 0.1) is 23.1 Å². The van der Waals surface area contributed by atoms with E-state index < -0.39 is 5.91 Å². The van der Waals surface area contributed by atoms with Gasteiger partial charge in [0.1, 0.15) is 0 Å². The highest BCUT2D eigenvalue weighted by atomic mass is 16.2. The molecule has 1 fully saturated rings. The number of amides is 3. The number of urea groups is 1. The number of carbonyl (C=O) groups is 2. The largest absolute Gasteiger partial charge is 0.366 e. The highest BCUT2D eigenvalue weighted by Gasteiger charge is 2.29. The fourth-order valence-corrected chi connectivity index (χ4v) is 3.25. The number of rotatable bonds is 4. The standard InChI is InChI=1S/C19H22N4O2/c1-13-17(18(20)24)11-15(12-21-13)22-19(25)23-9-5-8-16(23)10-14-6-3-2-4-7-14/h2-4,6-7,11-12,16H,5,8-10H2,1H3,(H2,20,24)(H,22,25). The first-order valence-corrected chi connectivity index (χ1v) is 8.42. The molecule has 3 rings (SSSR count). The SMILES string of the molecule is Cc1ncc(NC(=O)N2CCCC2Cc2ccccc2)cc1C(N)=O. The summed E-state index contributed by atoms with van der Waals surface area (Å²) in [5, 5.41) is 2.84. The smallest absolute Gasteiger partial charge is 0.322 e. The van der Waals surface area contributed by atoms with Crippen molar-refractivity contribution >= 4 is 17.6 Å². The van der Waals surface area contributed by atoms with Crippen LogP contribution in [-0.2, 0) is 6.42 Å². The Hall–Kier alpha value is -2.89. The molecule has 0 radical (unpaired) electrons. The zero-order valence-electron chi connectivity index (χ0n) is 14.2.